The maximum Gasteiger partial charge on any atom is 0.261 e. The molecule has 3 saturated heterocycles. The average molecular weight is 576 g/mol. The van der Waals surface area contributed by atoms with Crippen LogP contribution >= 0.6 is 0 Å². The van der Waals surface area contributed by atoms with Gasteiger partial charge in [-0.05, 0) is 62.8 Å². The lowest BCUT2D eigenvalue weighted by Crippen LogP contribution is -2.49. The fraction of sp³-hybridized carbons (Fsp3) is 0.593. The highest BCUT2D eigenvalue weighted by molar-refractivity contribution is 7.85. The van der Waals surface area contributed by atoms with Crippen LogP contribution in [0.2, 0.25) is 0 Å². The first-order valence-electron chi connectivity index (χ1n) is 13.8. The Morgan fingerprint density at radius 3 is 1.77 bits per heavy atom. The summed E-state index contributed by atoms with van der Waals surface area (Å²) < 4.78 is 25.9. The minimum Gasteiger partial charge on any atom is -0.507 e. The zero-order valence-corrected chi connectivity index (χ0v) is 24.5. The summed E-state index contributed by atoms with van der Waals surface area (Å²) in [7, 11) is -3.67. The molecule has 2 aromatic rings. The third-order valence-corrected chi connectivity index (χ3v) is 7.34. The van der Waals surface area contributed by atoms with E-state index in [-0.39, 0.29) is 11.7 Å². The second kappa shape index (κ2) is 13.0. The van der Waals surface area contributed by atoms with Crippen molar-refractivity contribution in [3.63, 3.8) is 0 Å². The molecule has 1 amide bonds. The van der Waals surface area contributed by atoms with Crippen LogP contribution in [-0.2, 0) is 14.9 Å². The van der Waals surface area contributed by atoms with Gasteiger partial charge in [0.05, 0.1) is 12.8 Å². The van der Waals surface area contributed by atoms with E-state index in [2.05, 4.69) is 31.0 Å². The summed E-state index contributed by atoms with van der Waals surface area (Å²) in [5, 5.41) is 12.9. The number of aryl methyl sites for hydroxylation is 2. The van der Waals surface area contributed by atoms with Crippen molar-refractivity contribution in [1.82, 2.24) is 14.9 Å². The van der Waals surface area contributed by atoms with E-state index < -0.39 is 10.1 Å². The number of carbonyl (C=O) groups is 1. The number of rotatable bonds is 6. The summed E-state index contributed by atoms with van der Waals surface area (Å²) in [6, 6.07) is 5.77. The van der Waals surface area contributed by atoms with E-state index in [1.165, 1.54) is 25.7 Å². The summed E-state index contributed by atoms with van der Waals surface area (Å²) in [5.41, 5.74) is 2.26. The summed E-state index contributed by atoms with van der Waals surface area (Å²) in [5.74, 6) is 3.17. The average Bonchev–Trinajstić information content (AvgIpc) is 3.61. The van der Waals surface area contributed by atoms with E-state index in [1.54, 1.807) is 0 Å². The minimum absolute atomic E-state index is 0.0300. The predicted octanol–water partition coefficient (Wildman–Crippen LogP) is 2.26. The van der Waals surface area contributed by atoms with Gasteiger partial charge in [-0.2, -0.15) is 18.4 Å². The van der Waals surface area contributed by atoms with E-state index in [1.807, 2.05) is 26.0 Å². The molecule has 4 heterocycles. The van der Waals surface area contributed by atoms with Crippen LogP contribution in [0, 0.1) is 13.8 Å². The van der Waals surface area contributed by atoms with Crippen LogP contribution in [0.5, 0.6) is 5.75 Å². The number of aromatic nitrogens is 2. The van der Waals surface area contributed by atoms with Gasteiger partial charge in [0.1, 0.15) is 17.4 Å². The van der Waals surface area contributed by atoms with Gasteiger partial charge in [-0.25, -0.2) is 0 Å². The summed E-state index contributed by atoms with van der Waals surface area (Å²) in [6.07, 6.45) is 5.57. The zero-order chi connectivity index (χ0) is 28.9. The fourth-order valence-electron chi connectivity index (χ4n) is 5.31. The lowest BCUT2D eigenvalue weighted by molar-refractivity contribution is -0.117. The number of hydrogen-bond acceptors (Lipinski definition) is 10. The number of hydrogen-bond donors (Lipinski definition) is 3. The van der Waals surface area contributed by atoms with E-state index in [0.717, 1.165) is 86.8 Å². The molecule has 0 aliphatic carbocycles. The van der Waals surface area contributed by atoms with Crippen LogP contribution in [0.4, 0.5) is 23.3 Å². The normalized spacial score (nSPS) is 18.1. The molecule has 40 heavy (non-hydrogen) atoms. The van der Waals surface area contributed by atoms with Crippen molar-refractivity contribution < 1.29 is 22.9 Å². The van der Waals surface area contributed by atoms with Crippen LogP contribution in [0.15, 0.2) is 18.2 Å². The summed E-state index contributed by atoms with van der Waals surface area (Å²) >= 11 is 0. The van der Waals surface area contributed by atoms with E-state index in [9.17, 15) is 18.3 Å². The van der Waals surface area contributed by atoms with Gasteiger partial charge in [0.25, 0.3) is 10.1 Å². The zero-order valence-electron chi connectivity index (χ0n) is 23.6. The minimum atomic E-state index is -3.67. The Morgan fingerprint density at radius 1 is 0.825 bits per heavy atom. The van der Waals surface area contributed by atoms with Gasteiger partial charge in [0.15, 0.2) is 0 Å². The Morgan fingerprint density at radius 2 is 1.27 bits per heavy atom. The van der Waals surface area contributed by atoms with Crippen LogP contribution in [0.25, 0.3) is 0 Å². The van der Waals surface area contributed by atoms with Gasteiger partial charge in [-0.3, -0.25) is 14.2 Å². The van der Waals surface area contributed by atoms with Gasteiger partial charge in [0.2, 0.25) is 11.9 Å². The van der Waals surface area contributed by atoms with E-state index in [4.69, 9.17) is 14.5 Å². The first-order chi connectivity index (χ1) is 19.0. The first-order valence-corrected chi connectivity index (χ1v) is 15.7. The molecule has 3 fully saturated rings. The molecule has 0 radical (unpaired) electrons. The Hall–Kier alpha value is -3.16. The molecule has 0 bridgehead atoms. The van der Waals surface area contributed by atoms with Crippen molar-refractivity contribution in [1.29, 1.82) is 0 Å². The molecule has 3 aliphatic heterocycles. The number of amides is 1. The smallest absolute Gasteiger partial charge is 0.261 e. The number of piperazine rings is 1. The predicted molar refractivity (Wildman–Crippen MR) is 157 cm³/mol. The molecular weight excluding hydrogens is 534 g/mol. The highest BCUT2D eigenvalue weighted by Gasteiger charge is 2.25. The number of nitrogens with one attached hydrogen (secondary N) is 1. The molecular formula is C27H41N7O5S. The topological polar surface area (TPSA) is 142 Å². The number of benzene rings is 1. The van der Waals surface area contributed by atoms with Crippen molar-refractivity contribution in [2.75, 3.05) is 85.2 Å². The second-order valence-electron chi connectivity index (χ2n) is 10.8. The molecule has 12 nitrogen and oxygen atoms in total. The van der Waals surface area contributed by atoms with E-state index in [0.29, 0.717) is 12.8 Å². The highest BCUT2D eigenvalue weighted by atomic mass is 32.2. The molecule has 220 valence electrons. The Kier molecular flexibility index (Phi) is 9.69. The molecule has 0 atom stereocenters. The van der Waals surface area contributed by atoms with Crippen molar-refractivity contribution in [3.05, 3.63) is 29.3 Å². The largest absolute Gasteiger partial charge is 0.507 e. The van der Waals surface area contributed by atoms with Gasteiger partial charge < -0.3 is 25.1 Å². The quantitative estimate of drug-likeness (QED) is 0.345. The maximum atomic E-state index is 12.7. The molecule has 13 heteroatoms. The van der Waals surface area contributed by atoms with Crippen molar-refractivity contribution in [2.45, 2.75) is 39.5 Å². The molecule has 0 spiro atoms. The number of nitrogens with zero attached hydrogens (tertiary/aromatic N) is 6. The van der Waals surface area contributed by atoms with Crippen LogP contribution in [0.1, 0.15) is 36.8 Å². The standard InChI is InChI=1S/C26H37N7O2.CH4O3S/c1-19-15-21(16-20(2)25(19)35)27-24(34)18-30-11-13-32(14-12-30)23-17-22(31-7-3-4-8-31)28-26(29-23)33-9-5-6-10-33;1-5(2,3)4/h15-17,35H,3-14,18H2,1-2H3,(H,27,34);1H3,(H,2,3,4). The van der Waals surface area contributed by atoms with Crippen LogP contribution in [0.3, 0.4) is 0 Å². The number of aromatic hydroxyl groups is 1. The molecule has 1 aromatic carbocycles. The van der Waals surface area contributed by atoms with Crippen molar-refractivity contribution in [3.8, 4) is 5.75 Å². The molecule has 5 rings (SSSR count). The molecule has 3 N–H and O–H groups in total. The third-order valence-electron chi connectivity index (χ3n) is 7.34. The van der Waals surface area contributed by atoms with E-state index >= 15 is 0 Å². The number of carbonyl (C=O) groups excluding carboxylic acids is 1. The Balaban J connectivity index is 0.000000681. The van der Waals surface area contributed by atoms with Gasteiger partial charge >= 0.3 is 0 Å². The summed E-state index contributed by atoms with van der Waals surface area (Å²) in [4.78, 5) is 31.8. The van der Waals surface area contributed by atoms with Gasteiger partial charge in [-0.1, -0.05) is 0 Å². The number of phenols is 1. The summed E-state index contributed by atoms with van der Waals surface area (Å²) in [6.45, 7) is 11.5. The third kappa shape index (κ3) is 8.42. The second-order valence-corrected chi connectivity index (χ2v) is 12.2. The monoisotopic (exact) mass is 575 g/mol. The highest BCUT2D eigenvalue weighted by Crippen LogP contribution is 2.28. The fourth-order valence-corrected chi connectivity index (χ4v) is 5.31. The molecule has 0 saturated carbocycles. The van der Waals surface area contributed by atoms with Gasteiger partial charge in [0, 0.05) is 64.1 Å². The number of phenolic OH excluding ortho intramolecular Hbond substituents is 1. The van der Waals surface area contributed by atoms with Crippen LogP contribution < -0.4 is 20.0 Å². The lowest BCUT2D eigenvalue weighted by atomic mass is 10.1. The van der Waals surface area contributed by atoms with Crippen LogP contribution in [-0.4, -0.2) is 104 Å². The number of anilines is 4. The molecule has 1 aromatic heterocycles. The van der Waals surface area contributed by atoms with Crippen molar-refractivity contribution >= 4 is 39.3 Å². The Labute approximate surface area is 236 Å². The van der Waals surface area contributed by atoms with Gasteiger partial charge in [-0.15, -0.1) is 0 Å². The Bertz CT molecular complexity index is 1220. The lowest BCUT2D eigenvalue weighted by Gasteiger charge is -2.35. The maximum absolute atomic E-state index is 12.7. The SMILES string of the molecule is CS(=O)(=O)O.Cc1cc(NC(=O)CN2CCN(c3cc(N4CCCC4)nc(N4CCCC4)n3)CC2)cc(C)c1O. The molecule has 0 unspecified atom stereocenters. The molecule has 3 aliphatic rings. The van der Waals surface area contributed by atoms with Crippen molar-refractivity contribution in [2.24, 2.45) is 0 Å². The first kappa shape index (κ1) is 29.8.